The van der Waals surface area contributed by atoms with Crippen molar-refractivity contribution in [3.63, 3.8) is 0 Å². The van der Waals surface area contributed by atoms with Gasteiger partial charge in [0.05, 0.1) is 24.9 Å². The van der Waals surface area contributed by atoms with Gasteiger partial charge in [-0.3, -0.25) is 58.8 Å². The summed E-state index contributed by atoms with van der Waals surface area (Å²) in [6.45, 7) is 7.53. The Hall–Kier alpha value is -9.94. The van der Waals surface area contributed by atoms with Crippen LogP contribution in [0.25, 0.3) is 0 Å². The van der Waals surface area contributed by atoms with E-state index in [0.717, 1.165) is 0 Å². The fourth-order valence-corrected chi connectivity index (χ4v) is 8.98. The summed E-state index contributed by atoms with van der Waals surface area (Å²) in [5.74, 6) is -14.1. The molecule has 0 aliphatic carbocycles. The number of carboxylic acids is 4. The number of hydrogen-bond acceptors (Lipinski definition) is 20. The number of benzene rings is 2. The lowest BCUT2D eigenvalue weighted by Crippen LogP contribution is -2.59. The molecule has 10 atom stereocenters. The van der Waals surface area contributed by atoms with Crippen molar-refractivity contribution in [3.8, 4) is 11.5 Å². The SMILES string of the molecule is CC(C)[C@H](NC(=O)[C@H](CC(=O)O)NC(=O)[C@H](CCCCN)NC(=O)[C@@H](N)CCCNC(=N)N)C(=O)N[C@@H](Cc1ccc(O)cc1)C(=O)O.CC(C)[C@H](NC(=O)[C@H](CC(=O)O)NC(=O)[C@H](CCCCN)NC(=O)[C@@H](N)CCCNC(=N)N)C(=O)N[C@@H](Cc1ccc(O)cc1)C(=O)O. The summed E-state index contributed by atoms with van der Waals surface area (Å²) in [6.07, 6.45) is 1.24. The van der Waals surface area contributed by atoms with E-state index in [4.69, 9.17) is 45.2 Å². The largest absolute Gasteiger partial charge is 0.508 e. The molecule has 0 unspecified atom stereocenters. The van der Waals surface area contributed by atoms with Gasteiger partial charge in [0.1, 0.15) is 59.8 Å². The molecular formula is C60H98N18O18. The molecule has 0 aromatic heterocycles. The molecule has 36 nitrogen and oxygen atoms in total. The predicted molar refractivity (Wildman–Crippen MR) is 349 cm³/mol. The van der Waals surface area contributed by atoms with Crippen molar-refractivity contribution in [3.05, 3.63) is 59.7 Å². The van der Waals surface area contributed by atoms with E-state index in [1.165, 1.54) is 48.5 Å². The van der Waals surface area contributed by atoms with Crippen LogP contribution in [-0.4, -0.2) is 200 Å². The van der Waals surface area contributed by atoms with Gasteiger partial charge in [-0.2, -0.15) is 0 Å². The van der Waals surface area contributed by atoms with Crippen LogP contribution in [0, 0.1) is 22.7 Å². The Morgan fingerprint density at radius 2 is 0.688 bits per heavy atom. The van der Waals surface area contributed by atoms with Crippen LogP contribution in [0.5, 0.6) is 11.5 Å². The number of nitrogens with two attached hydrogens (primary N) is 6. The molecular weight excluding hydrogens is 1260 g/mol. The molecule has 96 heavy (non-hydrogen) atoms. The van der Waals surface area contributed by atoms with Gasteiger partial charge < -0.3 is 118 Å². The van der Waals surface area contributed by atoms with Crippen molar-refractivity contribution < 1.29 is 88.2 Å². The Labute approximate surface area is 555 Å². The van der Waals surface area contributed by atoms with Crippen molar-refractivity contribution in [2.24, 2.45) is 46.2 Å². The summed E-state index contributed by atoms with van der Waals surface area (Å²) in [7, 11) is 0. The molecule has 0 spiro atoms. The van der Waals surface area contributed by atoms with E-state index in [1.807, 2.05) is 0 Å². The van der Waals surface area contributed by atoms with E-state index in [1.54, 1.807) is 27.7 Å². The number of carbonyl (C=O) groups excluding carboxylic acids is 8. The number of hydrogen-bond donors (Lipinski definition) is 24. The van der Waals surface area contributed by atoms with Gasteiger partial charge in [0.15, 0.2) is 11.9 Å². The molecule has 0 aliphatic rings. The van der Waals surface area contributed by atoms with E-state index in [0.29, 0.717) is 75.8 Å². The minimum absolute atomic E-state index is 0.0247. The first-order valence-corrected chi connectivity index (χ1v) is 31.1. The number of phenolic OH excluding ortho intramolecular Hbond substituents is 2. The van der Waals surface area contributed by atoms with Crippen molar-refractivity contribution in [2.75, 3.05) is 26.2 Å². The lowest BCUT2D eigenvalue weighted by molar-refractivity contribution is -0.143. The predicted octanol–water partition coefficient (Wildman–Crippen LogP) is -4.38. The molecule has 2 aromatic rings. The minimum Gasteiger partial charge on any atom is -0.508 e. The first kappa shape index (κ1) is 84.1. The summed E-state index contributed by atoms with van der Waals surface area (Å²) >= 11 is 0. The number of unbranched alkanes of at least 4 members (excludes halogenated alkanes) is 2. The minimum atomic E-state index is -1.67. The van der Waals surface area contributed by atoms with Crippen molar-refractivity contribution >= 4 is 83.1 Å². The zero-order valence-electron chi connectivity index (χ0n) is 54.3. The second-order valence-corrected chi connectivity index (χ2v) is 23.2. The average molecular weight is 1360 g/mol. The smallest absolute Gasteiger partial charge is 0.326 e. The summed E-state index contributed by atoms with van der Waals surface area (Å²) in [4.78, 5) is 152. The Bertz CT molecular complexity index is 2710. The molecule has 0 bridgehead atoms. The highest BCUT2D eigenvalue weighted by molar-refractivity contribution is 5.98. The zero-order chi connectivity index (χ0) is 72.8. The van der Waals surface area contributed by atoms with Gasteiger partial charge in [-0.25, -0.2) is 9.59 Å². The highest BCUT2D eigenvalue weighted by atomic mass is 16.4. The van der Waals surface area contributed by atoms with Gasteiger partial charge in [0.25, 0.3) is 0 Å². The number of carboxylic acid groups (broad SMARTS) is 4. The molecule has 30 N–H and O–H groups in total. The number of rotatable bonds is 44. The van der Waals surface area contributed by atoms with Crippen LogP contribution in [-0.2, 0) is 70.4 Å². The van der Waals surface area contributed by atoms with Gasteiger partial charge in [-0.1, -0.05) is 52.0 Å². The van der Waals surface area contributed by atoms with Gasteiger partial charge in [-0.05, 0) is 125 Å². The topological polar surface area (TPSA) is 650 Å². The van der Waals surface area contributed by atoms with Crippen LogP contribution in [0.15, 0.2) is 48.5 Å². The Kier molecular flexibility index (Phi) is 39.1. The average Bonchev–Trinajstić information content (AvgIpc) is 1.89. The fourth-order valence-electron chi connectivity index (χ4n) is 8.98. The van der Waals surface area contributed by atoms with Crippen LogP contribution in [0.3, 0.4) is 0 Å². The van der Waals surface area contributed by atoms with Gasteiger partial charge in [0, 0.05) is 25.9 Å². The van der Waals surface area contributed by atoms with E-state index in [-0.39, 0.29) is 61.9 Å². The highest BCUT2D eigenvalue weighted by Crippen LogP contribution is 2.16. The second-order valence-electron chi connectivity index (χ2n) is 23.2. The Balaban J connectivity index is 0.000000960. The maximum Gasteiger partial charge on any atom is 0.326 e. The Morgan fingerprint density at radius 1 is 0.396 bits per heavy atom. The molecule has 2 rings (SSSR count). The van der Waals surface area contributed by atoms with Gasteiger partial charge in [0.2, 0.25) is 47.3 Å². The van der Waals surface area contributed by atoms with Crippen molar-refractivity contribution in [2.45, 2.75) is 178 Å². The van der Waals surface area contributed by atoms with Crippen LogP contribution in [0.4, 0.5) is 0 Å². The number of carbonyl (C=O) groups is 12. The maximum absolute atomic E-state index is 13.3. The maximum atomic E-state index is 13.3. The molecule has 0 saturated heterocycles. The monoisotopic (exact) mass is 1360 g/mol. The molecule has 0 fully saturated rings. The van der Waals surface area contributed by atoms with Crippen LogP contribution >= 0.6 is 0 Å². The zero-order valence-corrected chi connectivity index (χ0v) is 54.3. The van der Waals surface area contributed by atoms with Crippen molar-refractivity contribution in [1.82, 2.24) is 53.2 Å². The lowest BCUT2D eigenvalue weighted by atomic mass is 10.0. The summed E-state index contributed by atoms with van der Waals surface area (Å²) in [5, 5.41) is 96.2. The second kappa shape index (κ2) is 44.6. The number of aromatic hydroxyl groups is 2. The number of nitrogens with one attached hydrogen (secondary N) is 12. The van der Waals surface area contributed by atoms with Gasteiger partial charge >= 0.3 is 23.9 Å². The highest BCUT2D eigenvalue weighted by Gasteiger charge is 2.36. The summed E-state index contributed by atoms with van der Waals surface area (Å²) in [5.41, 5.74) is 34.5. The van der Waals surface area contributed by atoms with Crippen LogP contribution in [0.2, 0.25) is 0 Å². The fraction of sp³-hybridized carbons (Fsp3) is 0.567. The van der Waals surface area contributed by atoms with E-state index in [2.05, 4.69) is 53.2 Å². The third-order valence-electron chi connectivity index (χ3n) is 14.3. The van der Waals surface area contributed by atoms with Crippen molar-refractivity contribution in [1.29, 1.82) is 10.8 Å². The molecule has 0 heterocycles. The summed E-state index contributed by atoms with van der Waals surface area (Å²) < 4.78 is 0. The first-order valence-electron chi connectivity index (χ1n) is 31.1. The molecule has 2 aromatic carbocycles. The Morgan fingerprint density at radius 3 is 0.958 bits per heavy atom. The normalized spacial score (nSPS) is 14.0. The van der Waals surface area contributed by atoms with E-state index >= 15 is 0 Å². The lowest BCUT2D eigenvalue weighted by Gasteiger charge is -2.27. The first-order chi connectivity index (χ1) is 45.1. The van der Waals surface area contributed by atoms with E-state index < -0.39 is 156 Å². The molecule has 0 aliphatic heterocycles. The van der Waals surface area contributed by atoms with Crippen LogP contribution < -0.4 is 87.6 Å². The third kappa shape index (κ3) is 34.3. The number of guanidine groups is 2. The number of phenols is 2. The third-order valence-corrected chi connectivity index (χ3v) is 14.3. The molecule has 0 saturated carbocycles. The molecule has 536 valence electrons. The van der Waals surface area contributed by atoms with Gasteiger partial charge in [-0.15, -0.1) is 0 Å². The molecule has 0 radical (unpaired) electrons. The number of amides is 8. The molecule has 8 amide bonds. The van der Waals surface area contributed by atoms with E-state index in [9.17, 15) is 88.2 Å². The quantitative estimate of drug-likeness (QED) is 0.0169. The standard InChI is InChI=1S/2C30H49N9O9/c2*1-16(2)24(28(46)38-22(29(47)48)14-17-8-10-18(40)11-9-17)39-27(45)21(15-23(41)42)37-26(44)20(7-3-4-12-31)36-25(43)19(32)6-5-13-35-30(33)34/h2*8-11,16,19-22,24,40H,3-7,12-15,31-32H2,1-2H3,(H,36,43)(H,37,44)(H,38,46)(H,39,45)(H,41,42)(H,47,48)(H4,33,34,35)/t2*19-,20-,21-,22-,24-/m00/s1. The molecule has 36 heteroatoms. The summed E-state index contributed by atoms with van der Waals surface area (Å²) in [6, 6.07) is -1.78. The van der Waals surface area contributed by atoms with Crippen LogP contribution in [0.1, 0.15) is 116 Å². The number of aliphatic carboxylic acids is 4.